The van der Waals surface area contributed by atoms with Gasteiger partial charge in [-0.3, -0.25) is 9.69 Å². The summed E-state index contributed by atoms with van der Waals surface area (Å²) in [7, 11) is 0. The summed E-state index contributed by atoms with van der Waals surface area (Å²) in [6.07, 6.45) is 0.912. The molecule has 0 aromatic heterocycles. The highest BCUT2D eigenvalue weighted by Crippen LogP contribution is 2.25. The van der Waals surface area contributed by atoms with Crippen molar-refractivity contribution in [2.45, 2.75) is 52.2 Å². The number of nitrogen functional groups attached to an aromatic ring is 1. The SMILES string of the molecule is CC(C(=O)NC(C)(C)C)N1CCc2c(N)cccc2C1. The van der Waals surface area contributed by atoms with Crippen molar-refractivity contribution in [3.05, 3.63) is 29.3 Å². The van der Waals surface area contributed by atoms with Gasteiger partial charge in [0.2, 0.25) is 5.91 Å². The standard InChI is InChI=1S/C16H25N3O/c1-11(15(20)18-16(2,3)4)19-9-8-13-12(10-19)6-5-7-14(13)17/h5-7,11H,8-10,17H2,1-4H3,(H,18,20). The van der Waals surface area contributed by atoms with E-state index in [0.29, 0.717) is 0 Å². The molecule has 1 aliphatic heterocycles. The third kappa shape index (κ3) is 3.31. The Morgan fingerprint density at radius 1 is 1.40 bits per heavy atom. The first-order valence-electron chi connectivity index (χ1n) is 7.20. The Morgan fingerprint density at radius 2 is 2.10 bits per heavy atom. The summed E-state index contributed by atoms with van der Waals surface area (Å²) in [5, 5.41) is 3.05. The van der Waals surface area contributed by atoms with Gasteiger partial charge in [0.1, 0.15) is 0 Å². The van der Waals surface area contributed by atoms with Crippen LogP contribution in [-0.2, 0) is 17.8 Å². The van der Waals surface area contributed by atoms with Gasteiger partial charge in [-0.15, -0.1) is 0 Å². The van der Waals surface area contributed by atoms with E-state index in [1.807, 2.05) is 39.8 Å². The molecule has 1 aromatic rings. The van der Waals surface area contributed by atoms with Crippen LogP contribution in [0.2, 0.25) is 0 Å². The fourth-order valence-corrected chi connectivity index (χ4v) is 2.63. The van der Waals surface area contributed by atoms with Gasteiger partial charge >= 0.3 is 0 Å². The van der Waals surface area contributed by atoms with Crippen LogP contribution in [0.5, 0.6) is 0 Å². The van der Waals surface area contributed by atoms with E-state index in [-0.39, 0.29) is 17.5 Å². The molecule has 0 radical (unpaired) electrons. The van der Waals surface area contributed by atoms with E-state index in [0.717, 1.165) is 25.2 Å². The molecule has 0 spiro atoms. The monoisotopic (exact) mass is 275 g/mol. The summed E-state index contributed by atoms with van der Waals surface area (Å²) in [6.45, 7) is 9.65. The van der Waals surface area contributed by atoms with Gasteiger partial charge in [0.25, 0.3) is 0 Å². The highest BCUT2D eigenvalue weighted by molar-refractivity contribution is 5.82. The third-order valence-electron chi connectivity index (χ3n) is 3.76. The molecule has 1 amide bonds. The van der Waals surface area contributed by atoms with E-state index < -0.39 is 0 Å². The Labute approximate surface area is 121 Å². The number of anilines is 1. The number of hydrogen-bond acceptors (Lipinski definition) is 3. The number of carbonyl (C=O) groups excluding carboxylic acids is 1. The normalized spacial score (nSPS) is 17.4. The van der Waals surface area contributed by atoms with Gasteiger partial charge in [-0.2, -0.15) is 0 Å². The zero-order valence-electron chi connectivity index (χ0n) is 12.9. The molecule has 2 rings (SSSR count). The maximum absolute atomic E-state index is 12.3. The van der Waals surface area contributed by atoms with Crippen LogP contribution in [0.1, 0.15) is 38.8 Å². The summed E-state index contributed by atoms with van der Waals surface area (Å²) in [4.78, 5) is 14.5. The molecule has 0 saturated heterocycles. The zero-order chi connectivity index (χ0) is 14.9. The summed E-state index contributed by atoms with van der Waals surface area (Å²) in [5.74, 6) is 0.0878. The Bertz CT molecular complexity index is 505. The van der Waals surface area contributed by atoms with Crippen molar-refractivity contribution in [2.24, 2.45) is 0 Å². The summed E-state index contributed by atoms with van der Waals surface area (Å²) in [6, 6.07) is 5.91. The molecule has 1 atom stereocenters. The first kappa shape index (κ1) is 14.9. The van der Waals surface area contributed by atoms with Gasteiger partial charge < -0.3 is 11.1 Å². The quantitative estimate of drug-likeness (QED) is 0.811. The van der Waals surface area contributed by atoms with E-state index in [9.17, 15) is 4.79 Å². The molecule has 1 heterocycles. The number of amides is 1. The molecule has 0 bridgehead atoms. The number of hydrogen-bond donors (Lipinski definition) is 2. The van der Waals surface area contributed by atoms with Crippen molar-refractivity contribution in [1.82, 2.24) is 10.2 Å². The lowest BCUT2D eigenvalue weighted by atomic mass is 9.97. The van der Waals surface area contributed by atoms with Gasteiger partial charge in [0.05, 0.1) is 6.04 Å². The summed E-state index contributed by atoms with van der Waals surface area (Å²) in [5.41, 5.74) is 9.17. The lowest BCUT2D eigenvalue weighted by Crippen LogP contribution is -2.51. The second-order valence-corrected chi connectivity index (χ2v) is 6.62. The number of nitrogens with one attached hydrogen (secondary N) is 1. The lowest BCUT2D eigenvalue weighted by molar-refractivity contribution is -0.127. The smallest absolute Gasteiger partial charge is 0.237 e. The molecule has 0 fully saturated rings. The largest absolute Gasteiger partial charge is 0.398 e. The van der Waals surface area contributed by atoms with Gasteiger partial charge in [-0.1, -0.05) is 12.1 Å². The minimum Gasteiger partial charge on any atom is -0.398 e. The number of carbonyl (C=O) groups is 1. The van der Waals surface area contributed by atoms with E-state index in [1.54, 1.807) is 0 Å². The second-order valence-electron chi connectivity index (χ2n) is 6.62. The van der Waals surface area contributed by atoms with Crippen LogP contribution in [-0.4, -0.2) is 28.9 Å². The van der Waals surface area contributed by atoms with Gasteiger partial charge in [-0.05, 0) is 51.3 Å². The highest BCUT2D eigenvalue weighted by atomic mass is 16.2. The molecule has 4 nitrogen and oxygen atoms in total. The average molecular weight is 275 g/mol. The Hall–Kier alpha value is -1.55. The Morgan fingerprint density at radius 3 is 2.75 bits per heavy atom. The van der Waals surface area contributed by atoms with Crippen LogP contribution < -0.4 is 11.1 Å². The number of rotatable bonds is 2. The molecule has 4 heteroatoms. The molecule has 0 saturated carbocycles. The average Bonchev–Trinajstić information content (AvgIpc) is 2.35. The molecule has 110 valence electrons. The van der Waals surface area contributed by atoms with E-state index in [4.69, 9.17) is 5.73 Å². The fourth-order valence-electron chi connectivity index (χ4n) is 2.63. The van der Waals surface area contributed by atoms with Gasteiger partial charge in [0.15, 0.2) is 0 Å². The minimum absolute atomic E-state index is 0.0878. The number of nitrogens with zero attached hydrogens (tertiary/aromatic N) is 1. The second kappa shape index (κ2) is 5.44. The molecule has 1 aliphatic rings. The predicted molar refractivity (Wildman–Crippen MR) is 82.3 cm³/mol. The topological polar surface area (TPSA) is 58.4 Å². The third-order valence-corrected chi connectivity index (χ3v) is 3.76. The molecule has 20 heavy (non-hydrogen) atoms. The predicted octanol–water partition coefficient (Wildman–Crippen LogP) is 1.93. The lowest BCUT2D eigenvalue weighted by Gasteiger charge is -2.34. The first-order valence-corrected chi connectivity index (χ1v) is 7.20. The minimum atomic E-state index is -0.191. The van der Waals surface area contributed by atoms with Crippen molar-refractivity contribution in [1.29, 1.82) is 0 Å². The van der Waals surface area contributed by atoms with E-state index in [1.165, 1.54) is 11.1 Å². The van der Waals surface area contributed by atoms with Gasteiger partial charge in [-0.25, -0.2) is 0 Å². The van der Waals surface area contributed by atoms with Crippen molar-refractivity contribution in [2.75, 3.05) is 12.3 Å². The fraction of sp³-hybridized carbons (Fsp3) is 0.562. The van der Waals surface area contributed by atoms with Crippen molar-refractivity contribution >= 4 is 11.6 Å². The van der Waals surface area contributed by atoms with Crippen LogP contribution in [0.25, 0.3) is 0 Å². The molecule has 0 aliphatic carbocycles. The summed E-state index contributed by atoms with van der Waals surface area (Å²) >= 11 is 0. The first-order chi connectivity index (χ1) is 9.28. The molecular weight excluding hydrogens is 250 g/mol. The van der Waals surface area contributed by atoms with Crippen LogP contribution in [0.3, 0.4) is 0 Å². The zero-order valence-corrected chi connectivity index (χ0v) is 12.9. The van der Waals surface area contributed by atoms with Crippen molar-refractivity contribution in [3.63, 3.8) is 0 Å². The molecule has 1 aromatic carbocycles. The molecule has 3 N–H and O–H groups in total. The Balaban J connectivity index is 2.07. The van der Waals surface area contributed by atoms with Crippen LogP contribution >= 0.6 is 0 Å². The van der Waals surface area contributed by atoms with Crippen LogP contribution in [0.4, 0.5) is 5.69 Å². The van der Waals surface area contributed by atoms with Gasteiger partial charge in [0, 0.05) is 24.3 Å². The van der Waals surface area contributed by atoms with E-state index in [2.05, 4.69) is 16.3 Å². The molecule has 1 unspecified atom stereocenters. The van der Waals surface area contributed by atoms with E-state index >= 15 is 0 Å². The van der Waals surface area contributed by atoms with Crippen LogP contribution in [0.15, 0.2) is 18.2 Å². The molecular formula is C16H25N3O. The number of nitrogens with two attached hydrogens (primary N) is 1. The maximum Gasteiger partial charge on any atom is 0.237 e. The maximum atomic E-state index is 12.3. The van der Waals surface area contributed by atoms with Crippen LogP contribution in [0, 0.1) is 0 Å². The van der Waals surface area contributed by atoms with Crippen molar-refractivity contribution < 1.29 is 4.79 Å². The van der Waals surface area contributed by atoms with Crippen molar-refractivity contribution in [3.8, 4) is 0 Å². The number of fused-ring (bicyclic) bond motifs is 1. The Kier molecular flexibility index (Phi) is 4.04. The number of benzene rings is 1. The highest BCUT2D eigenvalue weighted by Gasteiger charge is 2.27. The summed E-state index contributed by atoms with van der Waals surface area (Å²) < 4.78 is 0.